The summed E-state index contributed by atoms with van der Waals surface area (Å²) in [6.07, 6.45) is 3.27. The fourth-order valence-corrected chi connectivity index (χ4v) is 4.68. The molecule has 1 saturated carbocycles. The summed E-state index contributed by atoms with van der Waals surface area (Å²) in [6, 6.07) is 9.28. The van der Waals surface area contributed by atoms with Crippen LogP contribution in [0.15, 0.2) is 30.3 Å². The Morgan fingerprint density at radius 3 is 2.88 bits per heavy atom. The van der Waals surface area contributed by atoms with Gasteiger partial charge in [-0.2, -0.15) is 0 Å². The van der Waals surface area contributed by atoms with E-state index < -0.39 is 0 Å². The van der Waals surface area contributed by atoms with E-state index in [1.807, 2.05) is 18.2 Å². The molecule has 126 valence electrons. The predicted molar refractivity (Wildman–Crippen MR) is 91.6 cm³/mol. The van der Waals surface area contributed by atoms with E-state index in [2.05, 4.69) is 4.90 Å². The molecule has 1 aromatic heterocycles. The van der Waals surface area contributed by atoms with E-state index in [4.69, 9.17) is 4.74 Å². The molecule has 0 amide bonds. The Bertz CT molecular complexity index is 768. The van der Waals surface area contributed by atoms with Gasteiger partial charge in [-0.3, -0.25) is 9.69 Å². The quantitative estimate of drug-likeness (QED) is 0.773. The maximum absolute atomic E-state index is 14.3. The third kappa shape index (κ3) is 3.10. The molecule has 1 atom stereocenters. The van der Waals surface area contributed by atoms with Crippen LogP contribution in [0.5, 0.6) is 5.06 Å². The van der Waals surface area contributed by atoms with Crippen molar-refractivity contribution in [1.82, 2.24) is 4.90 Å². The Kier molecular flexibility index (Phi) is 4.14. The Morgan fingerprint density at radius 2 is 2.17 bits per heavy atom. The highest BCUT2D eigenvalue weighted by Gasteiger charge is 2.39. The zero-order valence-electron chi connectivity index (χ0n) is 13.6. The van der Waals surface area contributed by atoms with E-state index in [1.165, 1.54) is 30.2 Å². The largest absolute Gasteiger partial charge is 0.416 e. The summed E-state index contributed by atoms with van der Waals surface area (Å²) in [6.45, 7) is 3.14. The molecular formula is C19H20FNO2S. The average Bonchev–Trinajstić information content (AvgIpc) is 3.28. The SMILES string of the molecule is CC(=O)Oc1cc2c(s1)CCN(C(c1ccccc1F)C1CC1)C2. The highest BCUT2D eigenvalue weighted by atomic mass is 32.1. The zero-order valence-corrected chi connectivity index (χ0v) is 14.4. The lowest BCUT2D eigenvalue weighted by atomic mass is 9.97. The number of thiophene rings is 1. The van der Waals surface area contributed by atoms with E-state index in [-0.39, 0.29) is 17.8 Å². The first-order valence-corrected chi connectivity index (χ1v) is 9.22. The lowest BCUT2D eigenvalue weighted by Gasteiger charge is -2.35. The zero-order chi connectivity index (χ0) is 16.7. The van der Waals surface area contributed by atoms with Crippen LogP contribution in [0.1, 0.15) is 41.8 Å². The van der Waals surface area contributed by atoms with Gasteiger partial charge in [0, 0.05) is 36.5 Å². The molecule has 0 spiro atoms. The molecule has 1 fully saturated rings. The molecule has 1 aliphatic heterocycles. The van der Waals surface area contributed by atoms with Crippen molar-refractivity contribution in [2.24, 2.45) is 5.92 Å². The summed E-state index contributed by atoms with van der Waals surface area (Å²) in [5.41, 5.74) is 2.03. The number of hydrogen-bond acceptors (Lipinski definition) is 4. The summed E-state index contributed by atoms with van der Waals surface area (Å²) < 4.78 is 19.6. The van der Waals surface area contributed by atoms with Gasteiger partial charge in [0.1, 0.15) is 5.82 Å². The van der Waals surface area contributed by atoms with Crippen LogP contribution >= 0.6 is 11.3 Å². The Morgan fingerprint density at radius 1 is 1.38 bits per heavy atom. The second kappa shape index (κ2) is 6.30. The van der Waals surface area contributed by atoms with Crippen LogP contribution in [0.3, 0.4) is 0 Å². The molecule has 0 N–H and O–H groups in total. The number of nitrogens with zero attached hydrogens (tertiary/aromatic N) is 1. The van der Waals surface area contributed by atoms with Gasteiger partial charge in [-0.05, 0) is 42.9 Å². The third-order valence-corrected chi connectivity index (χ3v) is 5.92. The van der Waals surface area contributed by atoms with Crippen molar-refractivity contribution in [3.05, 3.63) is 52.2 Å². The van der Waals surface area contributed by atoms with E-state index in [1.54, 1.807) is 23.5 Å². The smallest absolute Gasteiger partial charge is 0.308 e. The number of carbonyl (C=O) groups is 1. The number of benzene rings is 1. The molecule has 1 aromatic carbocycles. The Labute approximate surface area is 145 Å². The molecule has 24 heavy (non-hydrogen) atoms. The minimum absolute atomic E-state index is 0.105. The molecule has 0 radical (unpaired) electrons. The third-order valence-electron chi connectivity index (χ3n) is 4.80. The van der Waals surface area contributed by atoms with Crippen molar-refractivity contribution >= 4 is 17.3 Å². The van der Waals surface area contributed by atoms with E-state index in [0.29, 0.717) is 11.0 Å². The molecule has 2 aromatic rings. The number of fused-ring (bicyclic) bond motifs is 1. The summed E-state index contributed by atoms with van der Waals surface area (Å²) in [7, 11) is 0. The number of esters is 1. The second-order valence-electron chi connectivity index (χ2n) is 6.63. The van der Waals surface area contributed by atoms with E-state index in [9.17, 15) is 9.18 Å². The lowest BCUT2D eigenvalue weighted by molar-refractivity contribution is -0.131. The van der Waals surface area contributed by atoms with E-state index >= 15 is 0 Å². The van der Waals surface area contributed by atoms with Crippen LogP contribution in [-0.2, 0) is 17.8 Å². The van der Waals surface area contributed by atoms with Gasteiger partial charge in [0.25, 0.3) is 0 Å². The molecule has 4 rings (SSSR count). The van der Waals surface area contributed by atoms with Crippen LogP contribution in [0.2, 0.25) is 0 Å². The van der Waals surface area contributed by atoms with Crippen molar-refractivity contribution in [3.8, 4) is 5.06 Å². The average molecular weight is 345 g/mol. The summed E-state index contributed by atoms with van der Waals surface area (Å²) in [4.78, 5) is 14.8. The number of rotatable bonds is 4. The van der Waals surface area contributed by atoms with Crippen molar-refractivity contribution in [2.45, 2.75) is 38.8 Å². The lowest BCUT2D eigenvalue weighted by Crippen LogP contribution is -2.35. The molecule has 5 heteroatoms. The number of hydrogen-bond donors (Lipinski definition) is 0. The van der Waals surface area contributed by atoms with Crippen molar-refractivity contribution in [2.75, 3.05) is 6.54 Å². The summed E-state index contributed by atoms with van der Waals surface area (Å²) >= 11 is 1.56. The minimum atomic E-state index is -0.285. The first-order valence-electron chi connectivity index (χ1n) is 8.40. The summed E-state index contributed by atoms with van der Waals surface area (Å²) in [5, 5.41) is 0.670. The fraction of sp³-hybridized carbons (Fsp3) is 0.421. The van der Waals surface area contributed by atoms with Crippen LogP contribution in [0.4, 0.5) is 4.39 Å². The first kappa shape index (κ1) is 15.8. The first-order chi connectivity index (χ1) is 11.6. The van der Waals surface area contributed by atoms with Crippen LogP contribution in [0.25, 0.3) is 0 Å². The van der Waals surface area contributed by atoms with E-state index in [0.717, 1.165) is 25.1 Å². The fourth-order valence-electron chi connectivity index (χ4n) is 3.63. The topological polar surface area (TPSA) is 29.5 Å². The highest BCUT2D eigenvalue weighted by molar-refractivity contribution is 7.14. The van der Waals surface area contributed by atoms with Crippen LogP contribution in [0, 0.1) is 11.7 Å². The van der Waals surface area contributed by atoms with Crippen LogP contribution < -0.4 is 4.74 Å². The number of ether oxygens (including phenoxy) is 1. The molecule has 3 nitrogen and oxygen atoms in total. The van der Waals surface area contributed by atoms with Gasteiger partial charge in [-0.15, -0.1) is 11.3 Å². The molecule has 1 aliphatic carbocycles. The Balaban J connectivity index is 1.59. The van der Waals surface area contributed by atoms with Gasteiger partial charge in [0.05, 0.1) is 0 Å². The molecule has 0 saturated heterocycles. The maximum atomic E-state index is 14.3. The minimum Gasteiger partial charge on any atom is -0.416 e. The van der Waals surface area contributed by atoms with Gasteiger partial charge in [0.2, 0.25) is 0 Å². The van der Waals surface area contributed by atoms with Gasteiger partial charge < -0.3 is 4.74 Å². The second-order valence-corrected chi connectivity index (χ2v) is 7.73. The Hall–Kier alpha value is -1.72. The number of carbonyl (C=O) groups excluding carboxylic acids is 1. The molecule has 2 heterocycles. The summed E-state index contributed by atoms with van der Waals surface area (Å²) in [5.74, 6) is 0.161. The normalized spacial score (nSPS) is 18.9. The molecule has 1 unspecified atom stereocenters. The van der Waals surface area contributed by atoms with Gasteiger partial charge >= 0.3 is 5.97 Å². The molecule has 0 bridgehead atoms. The maximum Gasteiger partial charge on any atom is 0.308 e. The van der Waals surface area contributed by atoms with Crippen molar-refractivity contribution in [3.63, 3.8) is 0 Å². The monoisotopic (exact) mass is 345 g/mol. The molecule has 2 aliphatic rings. The highest BCUT2D eigenvalue weighted by Crippen LogP contribution is 2.47. The van der Waals surface area contributed by atoms with Gasteiger partial charge in [0.15, 0.2) is 5.06 Å². The van der Waals surface area contributed by atoms with Crippen molar-refractivity contribution in [1.29, 1.82) is 0 Å². The van der Waals surface area contributed by atoms with Gasteiger partial charge in [-0.1, -0.05) is 18.2 Å². The van der Waals surface area contributed by atoms with Crippen LogP contribution in [-0.4, -0.2) is 17.4 Å². The standard InChI is InChI=1S/C19H20FNO2S/c1-12(22)23-18-10-14-11-21(9-8-17(14)24-18)19(13-6-7-13)15-4-2-3-5-16(15)20/h2-5,10,13,19H,6-9,11H2,1H3. The number of halogens is 1. The molecular weight excluding hydrogens is 325 g/mol. The van der Waals surface area contributed by atoms with Gasteiger partial charge in [-0.25, -0.2) is 4.39 Å². The van der Waals surface area contributed by atoms with Crippen molar-refractivity contribution < 1.29 is 13.9 Å². The predicted octanol–water partition coefficient (Wildman–Crippen LogP) is 4.32.